The largest absolute Gasteiger partial charge is 0.478 e. The molecule has 2 rings (SSSR count). The highest BCUT2D eigenvalue weighted by molar-refractivity contribution is 5.88. The Bertz CT molecular complexity index is 618. The number of halogens is 3. The van der Waals surface area contributed by atoms with E-state index in [2.05, 4.69) is 9.68 Å². The molecule has 1 aromatic carbocycles. The summed E-state index contributed by atoms with van der Waals surface area (Å²) in [6.45, 7) is 0. The van der Waals surface area contributed by atoms with Crippen LogP contribution in [0.3, 0.4) is 0 Å². The number of nitrogens with zero attached hydrogens (tertiary/aromatic N) is 1. The molecule has 8 heteroatoms. The first kappa shape index (κ1) is 14.1. The molecule has 106 valence electrons. The lowest BCUT2D eigenvalue weighted by Gasteiger charge is -2.11. The number of aliphatic hydroxyl groups is 1. The van der Waals surface area contributed by atoms with Crippen LogP contribution in [0.25, 0.3) is 0 Å². The highest BCUT2D eigenvalue weighted by Crippen LogP contribution is 2.31. The lowest BCUT2D eigenvalue weighted by Crippen LogP contribution is -2.08. The quantitative estimate of drug-likeness (QED) is 0.906. The van der Waals surface area contributed by atoms with Gasteiger partial charge in [0.2, 0.25) is 0 Å². The number of carbonyl (C=O) groups is 1. The molecular formula is C12H8F3NO4. The second-order valence-corrected chi connectivity index (χ2v) is 3.94. The van der Waals surface area contributed by atoms with E-state index in [1.165, 1.54) is 0 Å². The fraction of sp³-hybridized carbons (Fsp3) is 0.167. The fourth-order valence-corrected chi connectivity index (χ4v) is 1.61. The normalized spacial score (nSPS) is 13.2. The molecule has 0 aliphatic rings. The maximum atomic E-state index is 12.4. The molecule has 0 amide bonds. The van der Waals surface area contributed by atoms with E-state index in [1.807, 2.05) is 0 Å². The van der Waals surface area contributed by atoms with E-state index in [0.29, 0.717) is 0 Å². The van der Waals surface area contributed by atoms with E-state index in [1.54, 1.807) is 0 Å². The molecule has 0 bridgehead atoms. The van der Waals surface area contributed by atoms with Gasteiger partial charge < -0.3 is 14.7 Å². The second kappa shape index (κ2) is 4.97. The number of hydrogen-bond acceptors (Lipinski definition) is 4. The minimum Gasteiger partial charge on any atom is -0.478 e. The lowest BCUT2D eigenvalue weighted by molar-refractivity contribution is -0.137. The monoisotopic (exact) mass is 287 g/mol. The average Bonchev–Trinajstić information content (AvgIpc) is 2.86. The number of aromatic carboxylic acids is 1. The highest BCUT2D eigenvalue weighted by Gasteiger charge is 2.30. The number of rotatable bonds is 3. The van der Waals surface area contributed by atoms with Crippen LogP contribution in [-0.4, -0.2) is 21.3 Å². The first-order chi connectivity index (χ1) is 9.30. The van der Waals surface area contributed by atoms with Crippen molar-refractivity contribution < 1.29 is 32.7 Å². The van der Waals surface area contributed by atoms with Crippen LogP contribution in [0.4, 0.5) is 13.2 Å². The summed E-state index contributed by atoms with van der Waals surface area (Å²) in [5, 5.41) is 22.1. The molecule has 0 saturated carbocycles. The zero-order chi connectivity index (χ0) is 14.9. The Morgan fingerprint density at radius 1 is 1.25 bits per heavy atom. The van der Waals surface area contributed by atoms with Gasteiger partial charge in [-0.05, 0) is 17.7 Å². The topological polar surface area (TPSA) is 83.6 Å². The Morgan fingerprint density at radius 3 is 2.35 bits per heavy atom. The lowest BCUT2D eigenvalue weighted by atomic mass is 10.0. The van der Waals surface area contributed by atoms with Gasteiger partial charge in [-0.1, -0.05) is 17.3 Å². The predicted molar refractivity (Wildman–Crippen MR) is 59.0 cm³/mol. The molecule has 0 saturated heterocycles. The van der Waals surface area contributed by atoms with Crippen LogP contribution in [0.2, 0.25) is 0 Å². The van der Waals surface area contributed by atoms with Crippen LogP contribution in [0.1, 0.15) is 33.3 Å². The third-order valence-electron chi connectivity index (χ3n) is 2.64. The average molecular weight is 287 g/mol. The van der Waals surface area contributed by atoms with Gasteiger partial charge in [0, 0.05) is 0 Å². The summed E-state index contributed by atoms with van der Waals surface area (Å²) in [7, 11) is 0. The number of carboxylic acid groups (broad SMARTS) is 1. The van der Waals surface area contributed by atoms with E-state index in [0.717, 1.165) is 30.5 Å². The molecule has 1 atom stereocenters. The highest BCUT2D eigenvalue weighted by atomic mass is 19.4. The van der Waals surface area contributed by atoms with Gasteiger partial charge in [0.05, 0.1) is 5.56 Å². The van der Waals surface area contributed by atoms with Crippen molar-refractivity contribution in [1.82, 2.24) is 5.16 Å². The molecule has 0 radical (unpaired) electrons. The van der Waals surface area contributed by atoms with Crippen LogP contribution in [0.15, 0.2) is 35.1 Å². The molecular weight excluding hydrogens is 279 g/mol. The number of aliphatic hydroxyl groups excluding tert-OH is 1. The van der Waals surface area contributed by atoms with Gasteiger partial charge in [-0.3, -0.25) is 0 Å². The summed E-state index contributed by atoms with van der Waals surface area (Å²) >= 11 is 0. The standard InChI is InChI=1S/C12H8F3NO4/c13-12(14,15)7-3-1-6(2-4-7)10(17)9-8(11(18)19)5-20-16-9/h1-5,10,17H,(H,18,19). The summed E-state index contributed by atoms with van der Waals surface area (Å²) in [6, 6.07) is 3.68. The molecule has 1 unspecified atom stereocenters. The molecule has 0 aliphatic heterocycles. The second-order valence-electron chi connectivity index (χ2n) is 3.94. The molecule has 2 N–H and O–H groups in total. The van der Waals surface area contributed by atoms with Gasteiger partial charge in [0.25, 0.3) is 0 Å². The Morgan fingerprint density at radius 2 is 1.85 bits per heavy atom. The first-order valence-electron chi connectivity index (χ1n) is 5.33. The van der Waals surface area contributed by atoms with Crippen molar-refractivity contribution in [3.63, 3.8) is 0 Å². The maximum Gasteiger partial charge on any atom is 0.416 e. The zero-order valence-corrected chi connectivity index (χ0v) is 9.76. The molecule has 0 aliphatic carbocycles. The molecule has 0 spiro atoms. The van der Waals surface area contributed by atoms with Gasteiger partial charge in [-0.2, -0.15) is 13.2 Å². The summed E-state index contributed by atoms with van der Waals surface area (Å²) in [4.78, 5) is 10.8. The van der Waals surface area contributed by atoms with Gasteiger partial charge in [-0.25, -0.2) is 4.79 Å². The Labute approximate surface area is 110 Å². The van der Waals surface area contributed by atoms with Gasteiger partial charge in [0.15, 0.2) is 0 Å². The number of carboxylic acids is 1. The van der Waals surface area contributed by atoms with E-state index in [-0.39, 0.29) is 16.8 Å². The summed E-state index contributed by atoms with van der Waals surface area (Å²) in [5.41, 5.74) is -1.41. The van der Waals surface area contributed by atoms with E-state index >= 15 is 0 Å². The van der Waals surface area contributed by atoms with Crippen molar-refractivity contribution in [3.8, 4) is 0 Å². The van der Waals surface area contributed by atoms with Crippen LogP contribution in [-0.2, 0) is 6.18 Å². The minimum absolute atomic E-state index is 0.0781. The van der Waals surface area contributed by atoms with Crippen molar-refractivity contribution in [2.45, 2.75) is 12.3 Å². The number of hydrogen-bond donors (Lipinski definition) is 2. The van der Waals surface area contributed by atoms with Gasteiger partial charge >= 0.3 is 12.1 Å². The van der Waals surface area contributed by atoms with Crippen molar-refractivity contribution in [2.75, 3.05) is 0 Å². The van der Waals surface area contributed by atoms with Crippen LogP contribution >= 0.6 is 0 Å². The predicted octanol–water partition coefficient (Wildman–Crippen LogP) is 2.47. The van der Waals surface area contributed by atoms with Crippen LogP contribution in [0.5, 0.6) is 0 Å². The number of aromatic nitrogens is 1. The SMILES string of the molecule is O=C(O)c1conc1C(O)c1ccc(C(F)(F)F)cc1. The molecule has 2 aromatic rings. The Kier molecular flexibility index (Phi) is 3.49. The Balaban J connectivity index is 2.32. The van der Waals surface area contributed by atoms with E-state index in [9.17, 15) is 23.1 Å². The molecule has 1 aromatic heterocycles. The molecule has 20 heavy (non-hydrogen) atoms. The summed E-state index contributed by atoms with van der Waals surface area (Å²) < 4.78 is 41.6. The Hall–Kier alpha value is -2.35. The maximum absolute atomic E-state index is 12.4. The minimum atomic E-state index is -4.48. The number of alkyl halides is 3. The van der Waals surface area contributed by atoms with Crippen LogP contribution in [0, 0.1) is 0 Å². The smallest absolute Gasteiger partial charge is 0.416 e. The van der Waals surface area contributed by atoms with Crippen molar-refractivity contribution in [3.05, 3.63) is 52.9 Å². The molecule has 5 nitrogen and oxygen atoms in total. The van der Waals surface area contributed by atoms with Crippen molar-refractivity contribution >= 4 is 5.97 Å². The summed E-state index contributed by atoms with van der Waals surface area (Å²) in [6.07, 6.45) is -5.13. The fourth-order valence-electron chi connectivity index (χ4n) is 1.61. The zero-order valence-electron chi connectivity index (χ0n) is 9.76. The van der Waals surface area contributed by atoms with Crippen molar-refractivity contribution in [1.29, 1.82) is 0 Å². The summed E-state index contributed by atoms with van der Waals surface area (Å²) in [5.74, 6) is -1.35. The van der Waals surface area contributed by atoms with Gasteiger partial charge in [-0.15, -0.1) is 0 Å². The third kappa shape index (κ3) is 2.64. The third-order valence-corrected chi connectivity index (χ3v) is 2.64. The number of benzene rings is 1. The first-order valence-corrected chi connectivity index (χ1v) is 5.33. The van der Waals surface area contributed by atoms with Gasteiger partial charge in [0.1, 0.15) is 23.6 Å². The molecule has 0 fully saturated rings. The van der Waals surface area contributed by atoms with Crippen molar-refractivity contribution in [2.24, 2.45) is 0 Å². The van der Waals surface area contributed by atoms with E-state index in [4.69, 9.17) is 5.11 Å². The van der Waals surface area contributed by atoms with E-state index < -0.39 is 23.8 Å². The molecule has 1 heterocycles. The van der Waals surface area contributed by atoms with Crippen LogP contribution < -0.4 is 0 Å².